The topological polar surface area (TPSA) is 39.1 Å². The number of aryl methyl sites for hydroxylation is 1. The van der Waals surface area contributed by atoms with Crippen LogP contribution in [0.1, 0.15) is 31.1 Å². The molecule has 1 aromatic carbocycles. The van der Waals surface area contributed by atoms with Gasteiger partial charge in [-0.3, -0.25) is 4.68 Å². The first-order valence-corrected chi connectivity index (χ1v) is 7.17. The minimum atomic E-state index is 0.0367. The summed E-state index contributed by atoms with van der Waals surface area (Å²) in [5, 5.41) is 8.60. The maximum atomic E-state index is 5.97. The van der Waals surface area contributed by atoms with Crippen molar-refractivity contribution < 1.29 is 4.74 Å². The standard InChI is InChI=1S/C15H20ClN3O/c1-4-17-14(11-6-8-12(16)9-7-11)15-13(20-3)10-18-19(15)5-2/h6-10,14,17H,4-5H2,1-3H3. The molecule has 0 aliphatic carbocycles. The van der Waals surface area contributed by atoms with Crippen LogP contribution in [-0.2, 0) is 6.54 Å². The third kappa shape index (κ3) is 2.97. The fourth-order valence-corrected chi connectivity index (χ4v) is 2.44. The highest BCUT2D eigenvalue weighted by Crippen LogP contribution is 2.30. The highest BCUT2D eigenvalue weighted by atomic mass is 35.5. The molecule has 1 unspecified atom stereocenters. The van der Waals surface area contributed by atoms with E-state index in [2.05, 4.69) is 24.3 Å². The molecule has 1 N–H and O–H groups in total. The van der Waals surface area contributed by atoms with Crippen molar-refractivity contribution >= 4 is 11.6 Å². The second kappa shape index (κ2) is 6.77. The van der Waals surface area contributed by atoms with E-state index in [4.69, 9.17) is 16.3 Å². The van der Waals surface area contributed by atoms with Gasteiger partial charge in [-0.05, 0) is 31.2 Å². The Labute approximate surface area is 124 Å². The minimum Gasteiger partial charge on any atom is -0.493 e. The molecule has 0 bridgehead atoms. The third-order valence-electron chi connectivity index (χ3n) is 3.25. The first-order chi connectivity index (χ1) is 9.71. The number of rotatable bonds is 6. The van der Waals surface area contributed by atoms with E-state index in [0.29, 0.717) is 0 Å². The molecular formula is C15H20ClN3O. The summed E-state index contributed by atoms with van der Waals surface area (Å²) < 4.78 is 7.41. The largest absolute Gasteiger partial charge is 0.493 e. The normalized spacial score (nSPS) is 12.4. The summed E-state index contributed by atoms with van der Waals surface area (Å²) in [6, 6.07) is 7.90. The van der Waals surface area contributed by atoms with Gasteiger partial charge in [0.1, 0.15) is 5.69 Å². The quantitative estimate of drug-likeness (QED) is 0.888. The van der Waals surface area contributed by atoms with Crippen molar-refractivity contribution in [1.29, 1.82) is 0 Å². The molecule has 4 nitrogen and oxygen atoms in total. The van der Waals surface area contributed by atoms with Crippen LogP contribution in [0.4, 0.5) is 0 Å². The van der Waals surface area contributed by atoms with Gasteiger partial charge in [-0.2, -0.15) is 5.10 Å². The maximum absolute atomic E-state index is 5.97. The van der Waals surface area contributed by atoms with Crippen LogP contribution in [0, 0.1) is 0 Å². The minimum absolute atomic E-state index is 0.0367. The predicted molar refractivity (Wildman–Crippen MR) is 81.4 cm³/mol. The van der Waals surface area contributed by atoms with Crippen LogP contribution in [-0.4, -0.2) is 23.4 Å². The number of benzene rings is 1. The number of halogens is 1. The van der Waals surface area contributed by atoms with Gasteiger partial charge in [-0.1, -0.05) is 30.7 Å². The number of nitrogens with zero attached hydrogens (tertiary/aromatic N) is 2. The fraction of sp³-hybridized carbons (Fsp3) is 0.400. The van der Waals surface area contributed by atoms with Crippen molar-refractivity contribution in [2.24, 2.45) is 0 Å². The molecule has 5 heteroatoms. The molecule has 1 atom stereocenters. The molecule has 0 fully saturated rings. The number of methoxy groups -OCH3 is 1. The van der Waals surface area contributed by atoms with Gasteiger partial charge < -0.3 is 10.1 Å². The molecule has 0 spiro atoms. The lowest BCUT2D eigenvalue weighted by Crippen LogP contribution is -2.25. The molecule has 108 valence electrons. The summed E-state index contributed by atoms with van der Waals surface area (Å²) in [7, 11) is 1.67. The summed E-state index contributed by atoms with van der Waals surface area (Å²) >= 11 is 5.97. The van der Waals surface area contributed by atoms with Crippen LogP contribution in [0.15, 0.2) is 30.5 Å². The maximum Gasteiger partial charge on any atom is 0.161 e. The molecule has 0 aliphatic rings. The van der Waals surface area contributed by atoms with Crippen LogP contribution in [0.3, 0.4) is 0 Å². The molecule has 20 heavy (non-hydrogen) atoms. The second-order valence-electron chi connectivity index (χ2n) is 4.46. The zero-order valence-electron chi connectivity index (χ0n) is 12.1. The third-order valence-corrected chi connectivity index (χ3v) is 3.50. The Morgan fingerprint density at radius 2 is 2.00 bits per heavy atom. The van der Waals surface area contributed by atoms with Gasteiger partial charge in [0.2, 0.25) is 0 Å². The average molecular weight is 294 g/mol. The SMILES string of the molecule is CCNC(c1ccc(Cl)cc1)c1c(OC)cnn1CC. The van der Waals surface area contributed by atoms with Gasteiger partial charge in [-0.25, -0.2) is 0 Å². The smallest absolute Gasteiger partial charge is 0.161 e. The van der Waals surface area contributed by atoms with Crippen molar-refractivity contribution in [1.82, 2.24) is 15.1 Å². The lowest BCUT2D eigenvalue weighted by atomic mass is 10.0. The van der Waals surface area contributed by atoms with Crippen molar-refractivity contribution in [3.05, 3.63) is 46.7 Å². The van der Waals surface area contributed by atoms with Gasteiger partial charge in [0, 0.05) is 11.6 Å². The van der Waals surface area contributed by atoms with Crippen molar-refractivity contribution in [3.8, 4) is 5.75 Å². The van der Waals surface area contributed by atoms with E-state index in [-0.39, 0.29) is 6.04 Å². The van der Waals surface area contributed by atoms with E-state index in [1.807, 2.05) is 28.9 Å². The molecule has 0 amide bonds. The summed E-state index contributed by atoms with van der Waals surface area (Å²) in [5.41, 5.74) is 2.18. The Hall–Kier alpha value is -1.52. The lowest BCUT2D eigenvalue weighted by molar-refractivity contribution is 0.399. The molecule has 2 rings (SSSR count). The zero-order valence-corrected chi connectivity index (χ0v) is 12.8. The lowest BCUT2D eigenvalue weighted by Gasteiger charge is -2.21. The summed E-state index contributed by atoms with van der Waals surface area (Å²) in [5.74, 6) is 0.799. The van der Waals surface area contributed by atoms with Gasteiger partial charge in [-0.15, -0.1) is 0 Å². The first-order valence-electron chi connectivity index (χ1n) is 6.79. The summed E-state index contributed by atoms with van der Waals surface area (Å²) in [6.07, 6.45) is 1.76. The molecule has 1 aromatic heterocycles. The Balaban J connectivity index is 2.47. The predicted octanol–water partition coefficient (Wildman–Crippen LogP) is 3.26. The summed E-state index contributed by atoms with van der Waals surface area (Å²) in [4.78, 5) is 0. The zero-order chi connectivity index (χ0) is 14.5. The second-order valence-corrected chi connectivity index (χ2v) is 4.89. The van der Waals surface area contributed by atoms with Gasteiger partial charge in [0.25, 0.3) is 0 Å². The Bertz CT molecular complexity index is 529. The molecule has 2 aromatic rings. The monoisotopic (exact) mass is 293 g/mol. The van der Waals surface area contributed by atoms with Crippen molar-refractivity contribution in [3.63, 3.8) is 0 Å². The molecule has 0 radical (unpaired) electrons. The van der Waals surface area contributed by atoms with Crippen LogP contribution in [0.2, 0.25) is 5.02 Å². The number of aromatic nitrogens is 2. The van der Waals surface area contributed by atoms with E-state index >= 15 is 0 Å². The fourth-order valence-electron chi connectivity index (χ4n) is 2.31. The van der Waals surface area contributed by atoms with Gasteiger partial charge in [0.05, 0.1) is 19.3 Å². The van der Waals surface area contributed by atoms with Crippen LogP contribution >= 0.6 is 11.6 Å². The van der Waals surface area contributed by atoms with Crippen LogP contribution in [0.5, 0.6) is 5.75 Å². The molecular weight excluding hydrogens is 274 g/mol. The van der Waals surface area contributed by atoms with E-state index in [0.717, 1.165) is 35.1 Å². The van der Waals surface area contributed by atoms with Crippen LogP contribution in [0.25, 0.3) is 0 Å². The first kappa shape index (κ1) is 14.9. The molecule has 0 saturated heterocycles. The van der Waals surface area contributed by atoms with E-state index < -0.39 is 0 Å². The van der Waals surface area contributed by atoms with E-state index in [9.17, 15) is 0 Å². The number of hydrogen-bond acceptors (Lipinski definition) is 3. The summed E-state index contributed by atoms with van der Waals surface area (Å²) in [6.45, 7) is 5.81. The highest BCUT2D eigenvalue weighted by Gasteiger charge is 2.22. The Morgan fingerprint density at radius 3 is 2.55 bits per heavy atom. The van der Waals surface area contributed by atoms with Crippen molar-refractivity contribution in [2.75, 3.05) is 13.7 Å². The van der Waals surface area contributed by atoms with Crippen molar-refractivity contribution in [2.45, 2.75) is 26.4 Å². The molecule has 0 saturated carbocycles. The van der Waals surface area contributed by atoms with Gasteiger partial charge in [0.15, 0.2) is 5.75 Å². The van der Waals surface area contributed by atoms with Gasteiger partial charge >= 0.3 is 0 Å². The van der Waals surface area contributed by atoms with Crippen LogP contribution < -0.4 is 10.1 Å². The van der Waals surface area contributed by atoms with E-state index in [1.165, 1.54) is 0 Å². The Kier molecular flexibility index (Phi) is 5.04. The number of nitrogens with one attached hydrogen (secondary N) is 1. The molecule has 1 heterocycles. The number of ether oxygens (including phenoxy) is 1. The molecule has 0 aliphatic heterocycles. The van der Waals surface area contributed by atoms with E-state index in [1.54, 1.807) is 13.3 Å². The Morgan fingerprint density at radius 1 is 1.30 bits per heavy atom. The average Bonchev–Trinajstić information content (AvgIpc) is 2.88. The number of hydrogen-bond donors (Lipinski definition) is 1. The highest BCUT2D eigenvalue weighted by molar-refractivity contribution is 6.30.